The normalized spacial score (nSPS) is 11.2. The van der Waals surface area contributed by atoms with Crippen LogP contribution in [0, 0.1) is 0 Å². The van der Waals surface area contributed by atoms with Crippen molar-refractivity contribution in [1.82, 2.24) is 0 Å². The van der Waals surface area contributed by atoms with Crippen LogP contribution < -0.4 is 5.46 Å². The highest BCUT2D eigenvalue weighted by Gasteiger charge is 2.10. The van der Waals surface area contributed by atoms with Crippen molar-refractivity contribution in [2.24, 2.45) is 0 Å². The van der Waals surface area contributed by atoms with Crippen LogP contribution in [0.3, 0.4) is 0 Å². The topological polar surface area (TPSA) is 50.4 Å². The molecule has 3 rings (SSSR count). The molecule has 0 spiro atoms. The number of benzene rings is 2. The lowest BCUT2D eigenvalue weighted by Crippen LogP contribution is -2.03. The molecule has 1 N–H and O–H groups in total. The van der Waals surface area contributed by atoms with Crippen molar-refractivity contribution in [1.29, 1.82) is 0 Å². The average Bonchev–Trinajstić information content (AvgIpc) is 2.73. The van der Waals surface area contributed by atoms with Gasteiger partial charge >= 0.3 is 0 Å². The molecule has 18 heavy (non-hydrogen) atoms. The van der Waals surface area contributed by atoms with E-state index in [1.807, 2.05) is 32.1 Å². The van der Waals surface area contributed by atoms with E-state index in [0.29, 0.717) is 11.1 Å². The fraction of sp³-hybridized carbons (Fsp3) is 0.0714. The summed E-state index contributed by atoms with van der Waals surface area (Å²) in [4.78, 5) is 11.4. The molecule has 0 bridgehead atoms. The maximum atomic E-state index is 11.4. The molecule has 2 aromatic carbocycles. The van der Waals surface area contributed by atoms with Crippen LogP contribution in [0.5, 0.6) is 0 Å². The van der Waals surface area contributed by atoms with Crippen LogP contribution in [0.1, 0.15) is 10.4 Å². The zero-order valence-corrected chi connectivity index (χ0v) is 9.93. The Hall–Kier alpha value is -2.07. The predicted octanol–water partition coefficient (Wildman–Crippen LogP) is 1.02. The number of hydrogen-bond donors (Lipinski definition) is 1. The lowest BCUT2D eigenvalue weighted by Gasteiger charge is -1.96. The highest BCUT2D eigenvalue weighted by atomic mass is 16.3. The Kier molecular flexibility index (Phi) is 2.45. The molecule has 4 heteroatoms. The van der Waals surface area contributed by atoms with Gasteiger partial charge in [-0.15, -0.1) is 0 Å². The summed E-state index contributed by atoms with van der Waals surface area (Å²) in [5.74, 6) is -0.298. The number of carbonyl (C=O) groups is 1. The van der Waals surface area contributed by atoms with Gasteiger partial charge in [-0.2, -0.15) is 0 Å². The molecule has 0 atom stereocenters. The Labute approximate surface area is 104 Å². The molecule has 0 radical (unpaired) electrons. The Balaban J connectivity index is 2.29. The van der Waals surface area contributed by atoms with Gasteiger partial charge in [-0.3, -0.25) is 4.79 Å². The first kappa shape index (κ1) is 11.0. The summed E-state index contributed by atoms with van der Waals surface area (Å²) in [6, 6.07) is 11.3. The Morgan fingerprint density at radius 3 is 2.50 bits per heavy atom. The fourth-order valence-electron chi connectivity index (χ4n) is 2.15. The maximum absolute atomic E-state index is 11.4. The minimum Gasteiger partial charge on any atom is -0.456 e. The number of furan rings is 1. The van der Waals surface area contributed by atoms with Gasteiger partial charge in [0.25, 0.3) is 0 Å². The van der Waals surface area contributed by atoms with Crippen LogP contribution in [0.4, 0.5) is 0 Å². The Morgan fingerprint density at radius 2 is 1.78 bits per heavy atom. The Bertz CT molecular complexity index is 758. The van der Waals surface area contributed by atoms with E-state index in [-0.39, 0.29) is 5.78 Å². The first-order valence-corrected chi connectivity index (χ1v) is 5.76. The number of aliphatic hydroxyl groups excluding tert-OH is 1. The largest absolute Gasteiger partial charge is 0.456 e. The van der Waals surface area contributed by atoms with Gasteiger partial charge in [0.05, 0.1) is 0 Å². The second-order valence-electron chi connectivity index (χ2n) is 4.39. The van der Waals surface area contributed by atoms with Gasteiger partial charge in [0.15, 0.2) is 5.78 Å². The Morgan fingerprint density at radius 1 is 1.11 bits per heavy atom. The second kappa shape index (κ2) is 4.00. The van der Waals surface area contributed by atoms with E-state index in [1.54, 1.807) is 12.1 Å². The van der Waals surface area contributed by atoms with Crippen LogP contribution in [0.2, 0.25) is 0 Å². The van der Waals surface area contributed by atoms with E-state index in [1.165, 1.54) is 0 Å². The number of ketones is 1. The van der Waals surface area contributed by atoms with Gasteiger partial charge in [-0.25, -0.2) is 0 Å². The molecule has 0 unspecified atom stereocenters. The highest BCUT2D eigenvalue weighted by molar-refractivity contribution is 6.33. The summed E-state index contributed by atoms with van der Waals surface area (Å²) in [5.41, 5.74) is 3.10. The van der Waals surface area contributed by atoms with Gasteiger partial charge in [-0.1, -0.05) is 23.7 Å². The van der Waals surface area contributed by atoms with E-state index in [9.17, 15) is 4.79 Å². The zero-order chi connectivity index (χ0) is 12.7. The molecule has 0 saturated heterocycles. The highest BCUT2D eigenvalue weighted by Crippen LogP contribution is 2.28. The monoisotopic (exact) mass is 238 g/mol. The summed E-state index contributed by atoms with van der Waals surface area (Å²) >= 11 is 0. The lowest BCUT2D eigenvalue weighted by atomic mass is 9.95. The summed E-state index contributed by atoms with van der Waals surface area (Å²) in [6.45, 7) is -0.481. The zero-order valence-electron chi connectivity index (χ0n) is 9.93. The molecule has 1 heterocycles. The molecule has 0 aliphatic heterocycles. The smallest absolute Gasteiger partial charge is 0.188 e. The predicted molar refractivity (Wildman–Crippen MR) is 73.3 cm³/mol. The van der Waals surface area contributed by atoms with Crippen LogP contribution in [0.15, 0.2) is 40.8 Å². The number of rotatable bonds is 2. The average molecular weight is 238 g/mol. The molecule has 0 aliphatic rings. The molecule has 0 aliphatic carbocycles. The number of Topliss-reactive ketones (excluding diaryl/α,β-unsaturated/α-hetero) is 1. The summed E-state index contributed by atoms with van der Waals surface area (Å²) in [7, 11) is 2.01. The van der Waals surface area contributed by atoms with Crippen LogP contribution >= 0.6 is 0 Å². The fourth-order valence-corrected chi connectivity index (χ4v) is 2.15. The third-order valence-corrected chi connectivity index (χ3v) is 3.09. The number of fused-ring (bicyclic) bond motifs is 3. The summed E-state index contributed by atoms with van der Waals surface area (Å²) < 4.78 is 5.73. The first-order chi connectivity index (χ1) is 8.69. The van der Waals surface area contributed by atoms with Crippen molar-refractivity contribution in [3.8, 4) is 0 Å². The van der Waals surface area contributed by atoms with Gasteiger partial charge in [0, 0.05) is 16.3 Å². The van der Waals surface area contributed by atoms with Crippen molar-refractivity contribution in [2.75, 3.05) is 6.61 Å². The summed E-state index contributed by atoms with van der Waals surface area (Å²) in [5, 5.41) is 10.9. The van der Waals surface area contributed by atoms with Gasteiger partial charge in [-0.05, 0) is 18.2 Å². The van der Waals surface area contributed by atoms with Gasteiger partial charge in [0.1, 0.15) is 25.6 Å². The minimum absolute atomic E-state index is 0.298. The third kappa shape index (κ3) is 1.62. The van der Waals surface area contributed by atoms with Crippen molar-refractivity contribution in [2.45, 2.75) is 0 Å². The van der Waals surface area contributed by atoms with Gasteiger partial charge < -0.3 is 9.52 Å². The van der Waals surface area contributed by atoms with E-state index >= 15 is 0 Å². The van der Waals surface area contributed by atoms with Crippen molar-refractivity contribution in [3.05, 3.63) is 42.0 Å². The number of hydrogen-bond acceptors (Lipinski definition) is 3. The van der Waals surface area contributed by atoms with Crippen LogP contribution in [0.25, 0.3) is 21.9 Å². The molecule has 88 valence electrons. The third-order valence-electron chi connectivity index (χ3n) is 3.09. The quantitative estimate of drug-likeness (QED) is 0.535. The molecule has 1 aromatic heterocycles. The molecular weight excluding hydrogens is 227 g/mol. The molecule has 3 nitrogen and oxygen atoms in total. The van der Waals surface area contributed by atoms with Crippen molar-refractivity contribution >= 4 is 41.0 Å². The minimum atomic E-state index is -0.481. The summed E-state index contributed by atoms with van der Waals surface area (Å²) in [6.07, 6.45) is 0. The molecular formula is C14H11BO3. The van der Waals surface area contributed by atoms with Gasteiger partial charge in [0.2, 0.25) is 0 Å². The molecule has 0 fully saturated rings. The van der Waals surface area contributed by atoms with E-state index in [2.05, 4.69) is 0 Å². The maximum Gasteiger partial charge on any atom is 0.188 e. The van der Waals surface area contributed by atoms with E-state index in [0.717, 1.165) is 21.8 Å². The molecule has 0 saturated carbocycles. The van der Waals surface area contributed by atoms with E-state index in [4.69, 9.17) is 9.52 Å². The molecule has 0 amide bonds. The lowest BCUT2D eigenvalue weighted by molar-refractivity contribution is 0.0904. The second-order valence-corrected chi connectivity index (χ2v) is 4.39. The van der Waals surface area contributed by atoms with Crippen molar-refractivity contribution in [3.63, 3.8) is 0 Å². The van der Waals surface area contributed by atoms with Crippen molar-refractivity contribution < 1.29 is 14.3 Å². The SMILES string of the molecule is Bc1ccc2c(c1)oc1cc(C(=O)CO)ccc12. The van der Waals surface area contributed by atoms with E-state index < -0.39 is 6.61 Å². The standard InChI is InChI=1S/C14H11BO3/c15-9-2-4-11-10-3-1-8(12(17)7-16)5-13(10)18-14(11)6-9/h1-6,16H,7,15H2. The number of aliphatic hydroxyl groups is 1. The van der Waals surface area contributed by atoms with Crippen LogP contribution in [-0.4, -0.2) is 25.3 Å². The first-order valence-electron chi connectivity index (χ1n) is 5.76. The van der Waals surface area contributed by atoms with Crippen LogP contribution in [-0.2, 0) is 0 Å². The number of carbonyl (C=O) groups excluding carboxylic acids is 1. The molecule has 3 aromatic rings.